The molecule has 0 radical (unpaired) electrons. The van der Waals surface area contributed by atoms with Gasteiger partial charge in [-0.1, -0.05) is 47.5 Å². The van der Waals surface area contributed by atoms with Crippen LogP contribution >= 0.6 is 23.2 Å². The van der Waals surface area contributed by atoms with E-state index in [1.54, 1.807) is 48.6 Å². The van der Waals surface area contributed by atoms with Crippen molar-refractivity contribution in [2.75, 3.05) is 14.2 Å². The summed E-state index contributed by atoms with van der Waals surface area (Å²) < 4.78 is 21.1. The Kier molecular flexibility index (Phi) is 9.54. The third-order valence-corrected chi connectivity index (χ3v) is 8.98. The molecule has 0 spiro atoms. The molecule has 0 saturated carbocycles. The lowest BCUT2D eigenvalue weighted by atomic mass is 10.0. The Bertz CT molecular complexity index is 2300. The first kappa shape index (κ1) is 34.5. The number of methoxy groups -OCH3 is 2. The summed E-state index contributed by atoms with van der Waals surface area (Å²) in [6.07, 6.45) is 4.28. The van der Waals surface area contributed by atoms with Crippen molar-refractivity contribution in [2.45, 2.75) is 12.6 Å². The highest BCUT2D eigenvalue weighted by Gasteiger charge is 2.21. The molecule has 0 amide bonds. The average molecular weight is 740 g/mol. The van der Waals surface area contributed by atoms with Crippen molar-refractivity contribution >= 4 is 81.5 Å². The fourth-order valence-corrected chi connectivity index (χ4v) is 6.27. The average Bonchev–Trinajstić information content (AvgIpc) is 3.98. The molecule has 0 saturated heterocycles. The number of aromatic amines is 2. The molecule has 5 heterocycles. The van der Waals surface area contributed by atoms with Gasteiger partial charge < -0.3 is 39.1 Å². The second-order valence-electron chi connectivity index (χ2n) is 11.5. The molecule has 2 aliphatic heterocycles. The van der Waals surface area contributed by atoms with Crippen LogP contribution in [0.1, 0.15) is 22.8 Å². The quantitative estimate of drug-likeness (QED) is 0.100. The summed E-state index contributed by atoms with van der Waals surface area (Å²) in [4.78, 5) is 39.8. The monoisotopic (exact) mass is 738 g/mol. The van der Waals surface area contributed by atoms with Gasteiger partial charge in [-0.2, -0.15) is 0 Å². The molecule has 0 fully saturated rings. The van der Waals surface area contributed by atoms with Gasteiger partial charge in [0.25, 0.3) is 12.6 Å². The fourth-order valence-electron chi connectivity index (χ4n) is 5.84. The van der Waals surface area contributed by atoms with Crippen molar-refractivity contribution in [3.8, 4) is 33.8 Å². The van der Waals surface area contributed by atoms with Gasteiger partial charge in [0.1, 0.15) is 11.5 Å². The molecule has 14 heteroatoms. The van der Waals surface area contributed by atoms with Gasteiger partial charge in [0, 0.05) is 36.4 Å². The zero-order chi connectivity index (χ0) is 36.5. The highest BCUT2D eigenvalue weighted by atomic mass is 35.5. The van der Waals surface area contributed by atoms with E-state index in [9.17, 15) is 19.8 Å². The molecule has 2 aliphatic rings. The minimum absolute atomic E-state index is 0.274. The van der Waals surface area contributed by atoms with Crippen molar-refractivity contribution < 1.29 is 38.7 Å². The van der Waals surface area contributed by atoms with Crippen LogP contribution in [0.2, 0.25) is 10.0 Å². The molecular formula is C38H28Cl2N4O8. The van der Waals surface area contributed by atoms with E-state index < -0.39 is 24.5 Å². The highest BCUT2D eigenvalue weighted by Crippen LogP contribution is 2.37. The number of aliphatic carboxylic acids is 2. The first-order chi connectivity index (χ1) is 25.1. The second-order valence-corrected chi connectivity index (χ2v) is 12.2. The van der Waals surface area contributed by atoms with Crippen LogP contribution in [0.3, 0.4) is 0 Å². The minimum atomic E-state index is -1.50. The standard InChI is InChI=1S/C38H28Cl2N4O8/c1-49-37(35(45)46)51-21-7-3-5-19(17-21)31-23-9-13-27(41-23)33(39)29-15-11-25(43-29)32(20-6-4-8-22(18-20)52-38(50-2)36(47)48)26-12-16-30(44-26)34(40)28-14-10-24(31)42-28/h3-18,37-38,41,44H,1-2H3,(H,45,46)(H,47,48). The largest absolute Gasteiger partial charge is 0.477 e. The number of nitrogens with zero attached hydrogens (tertiary/aromatic N) is 2. The number of halogens is 2. The Labute approximate surface area is 305 Å². The predicted octanol–water partition coefficient (Wildman–Crippen LogP) is 8.17. The van der Waals surface area contributed by atoms with Crippen LogP contribution < -0.4 is 9.47 Å². The molecule has 262 valence electrons. The minimum Gasteiger partial charge on any atom is -0.477 e. The third-order valence-electron chi connectivity index (χ3n) is 8.19. The first-order valence-corrected chi connectivity index (χ1v) is 16.4. The van der Waals surface area contributed by atoms with Crippen molar-refractivity contribution in [3.63, 3.8) is 0 Å². The summed E-state index contributed by atoms with van der Waals surface area (Å²) in [6.45, 7) is 0. The van der Waals surface area contributed by atoms with E-state index >= 15 is 0 Å². The van der Waals surface area contributed by atoms with Gasteiger partial charge in [-0.15, -0.1) is 0 Å². The molecule has 2 unspecified atom stereocenters. The Balaban J connectivity index is 1.47. The molecule has 7 rings (SSSR count). The number of hydrogen-bond donors (Lipinski definition) is 4. The van der Waals surface area contributed by atoms with E-state index in [1.165, 1.54) is 14.2 Å². The lowest BCUT2D eigenvalue weighted by Gasteiger charge is -2.14. The van der Waals surface area contributed by atoms with Crippen LogP contribution in [-0.4, -0.2) is 68.9 Å². The van der Waals surface area contributed by atoms with Crippen molar-refractivity contribution in [2.24, 2.45) is 0 Å². The second kappa shape index (κ2) is 14.4. The molecule has 2 atom stereocenters. The molecule has 0 aliphatic carbocycles. The smallest absolute Gasteiger partial charge is 0.373 e. The number of ether oxygens (including phenoxy) is 4. The Morgan fingerprint density at radius 2 is 0.981 bits per heavy atom. The van der Waals surface area contributed by atoms with Gasteiger partial charge in [0.05, 0.1) is 43.9 Å². The topological polar surface area (TPSA) is 169 Å². The maximum absolute atomic E-state index is 11.6. The van der Waals surface area contributed by atoms with Gasteiger partial charge in [-0.05, 0) is 84.0 Å². The van der Waals surface area contributed by atoms with E-state index in [2.05, 4.69) is 9.97 Å². The number of aromatic nitrogens is 4. The lowest BCUT2D eigenvalue weighted by molar-refractivity contribution is -0.167. The van der Waals surface area contributed by atoms with Gasteiger partial charge in [0.15, 0.2) is 0 Å². The van der Waals surface area contributed by atoms with Crippen molar-refractivity contribution in [3.05, 3.63) is 106 Å². The van der Waals surface area contributed by atoms with Crippen LogP contribution in [-0.2, 0) is 19.1 Å². The Morgan fingerprint density at radius 3 is 1.37 bits per heavy atom. The number of hydrogen-bond acceptors (Lipinski definition) is 8. The van der Waals surface area contributed by atoms with E-state index in [0.29, 0.717) is 77.1 Å². The number of benzene rings is 2. The maximum Gasteiger partial charge on any atom is 0.373 e. The third kappa shape index (κ3) is 6.75. The highest BCUT2D eigenvalue weighted by molar-refractivity contribution is 6.36. The maximum atomic E-state index is 11.6. The molecule has 4 N–H and O–H groups in total. The molecule has 52 heavy (non-hydrogen) atoms. The molecule has 5 aromatic rings. The number of carboxylic acids is 2. The molecule has 8 bridgehead atoms. The van der Waals surface area contributed by atoms with E-state index in [0.717, 1.165) is 0 Å². The Morgan fingerprint density at radius 1 is 0.596 bits per heavy atom. The SMILES string of the molecule is COC(Oc1cccc(-c2c3nc(c(Cl)c4ccc([nH]4)c(-c4cccc(OC(OC)C(=O)O)c4)c4nc(c(Cl)c5ccc2[nH]5)C=C4)C=C3)c1)C(=O)O. The summed E-state index contributed by atoms with van der Waals surface area (Å²) in [5.41, 5.74) is 7.31. The number of carbonyl (C=O) groups is 2. The number of H-pyrrole nitrogens is 2. The van der Waals surface area contributed by atoms with E-state index in [4.69, 9.17) is 52.1 Å². The predicted molar refractivity (Wildman–Crippen MR) is 198 cm³/mol. The molecular weight excluding hydrogens is 711 g/mol. The zero-order valence-corrected chi connectivity index (χ0v) is 28.9. The van der Waals surface area contributed by atoms with Crippen LogP contribution in [0, 0.1) is 0 Å². The van der Waals surface area contributed by atoms with Crippen LogP contribution in [0.5, 0.6) is 11.5 Å². The molecule has 12 nitrogen and oxygen atoms in total. The molecule has 2 aromatic carbocycles. The summed E-state index contributed by atoms with van der Waals surface area (Å²) in [6, 6.07) is 21.2. The first-order valence-electron chi connectivity index (χ1n) is 15.7. The number of nitrogens with one attached hydrogen (secondary N) is 2. The van der Waals surface area contributed by atoms with Gasteiger partial charge in [-0.3, -0.25) is 0 Å². The fraction of sp³-hybridized carbons (Fsp3) is 0.105. The summed E-state index contributed by atoms with van der Waals surface area (Å²) in [7, 11) is 2.50. The van der Waals surface area contributed by atoms with Crippen LogP contribution in [0.4, 0.5) is 0 Å². The number of carboxylic acid groups (broad SMARTS) is 2. The Hall–Kier alpha value is -5.92. The summed E-state index contributed by atoms with van der Waals surface area (Å²) in [5.74, 6) is -1.99. The summed E-state index contributed by atoms with van der Waals surface area (Å²) in [5, 5.41) is 19.6. The van der Waals surface area contributed by atoms with Gasteiger partial charge in [0.2, 0.25) is 0 Å². The van der Waals surface area contributed by atoms with E-state index in [-0.39, 0.29) is 11.5 Å². The lowest BCUT2D eigenvalue weighted by Crippen LogP contribution is -2.28. The number of fused-ring (bicyclic) bond motifs is 8. The van der Waals surface area contributed by atoms with E-state index in [1.807, 2.05) is 48.6 Å². The van der Waals surface area contributed by atoms with Gasteiger partial charge in [-0.25, -0.2) is 19.6 Å². The van der Waals surface area contributed by atoms with Gasteiger partial charge >= 0.3 is 11.9 Å². The van der Waals surface area contributed by atoms with Crippen LogP contribution in [0.25, 0.3) is 68.6 Å². The zero-order valence-electron chi connectivity index (χ0n) is 27.4. The van der Waals surface area contributed by atoms with Crippen molar-refractivity contribution in [1.29, 1.82) is 0 Å². The molecule has 3 aromatic heterocycles. The summed E-state index contributed by atoms with van der Waals surface area (Å²) >= 11 is 14.0. The van der Waals surface area contributed by atoms with Crippen LogP contribution in [0.15, 0.2) is 72.8 Å². The van der Waals surface area contributed by atoms with Crippen molar-refractivity contribution in [1.82, 2.24) is 19.9 Å². The normalized spacial score (nSPS) is 13.2. The number of rotatable bonds is 10.